The largest absolute Gasteiger partial charge is 0.365 e. The summed E-state index contributed by atoms with van der Waals surface area (Å²) in [6.45, 7) is 2.15. The topological polar surface area (TPSA) is 70.8 Å². The third kappa shape index (κ3) is 2.67. The Morgan fingerprint density at radius 2 is 2.29 bits per heavy atom. The second-order valence-corrected chi connectivity index (χ2v) is 3.43. The average molecular weight is 203 g/mol. The van der Waals surface area contributed by atoms with Crippen LogP contribution in [0.2, 0.25) is 0 Å². The molecule has 1 saturated heterocycles. The van der Waals surface area contributed by atoms with Crippen LogP contribution < -0.4 is 5.73 Å². The number of methoxy groups -OCH3 is 1. The highest BCUT2D eigenvalue weighted by molar-refractivity contribution is 5.81. The first-order valence-corrected chi connectivity index (χ1v) is 4.73. The summed E-state index contributed by atoms with van der Waals surface area (Å²) in [4.78, 5) is 11.0. The first-order valence-electron chi connectivity index (χ1n) is 4.73. The van der Waals surface area contributed by atoms with Gasteiger partial charge in [-0.1, -0.05) is 0 Å². The molecule has 1 amide bonds. The fourth-order valence-corrected chi connectivity index (χ4v) is 1.26. The Morgan fingerprint density at radius 1 is 1.57 bits per heavy atom. The number of hydrogen-bond acceptors (Lipinski definition) is 4. The van der Waals surface area contributed by atoms with E-state index in [0.717, 1.165) is 19.3 Å². The number of hydrogen-bond donors (Lipinski definition) is 1. The van der Waals surface area contributed by atoms with Crippen molar-refractivity contribution < 1.29 is 19.0 Å². The van der Waals surface area contributed by atoms with Crippen LogP contribution in [0.5, 0.6) is 0 Å². The van der Waals surface area contributed by atoms with Crippen LogP contribution in [0.15, 0.2) is 0 Å². The predicted molar refractivity (Wildman–Crippen MR) is 49.3 cm³/mol. The van der Waals surface area contributed by atoms with Crippen LogP contribution in [0.1, 0.15) is 26.2 Å². The van der Waals surface area contributed by atoms with Gasteiger partial charge in [0, 0.05) is 13.7 Å². The summed E-state index contributed by atoms with van der Waals surface area (Å²) in [6.07, 6.45) is 2.44. The maximum atomic E-state index is 11.0. The third-order valence-electron chi connectivity index (χ3n) is 2.33. The summed E-state index contributed by atoms with van der Waals surface area (Å²) in [7, 11) is 1.38. The van der Waals surface area contributed by atoms with E-state index in [1.165, 1.54) is 14.0 Å². The van der Waals surface area contributed by atoms with Crippen LogP contribution in [0.4, 0.5) is 0 Å². The number of ether oxygens (including phenoxy) is 3. The van der Waals surface area contributed by atoms with E-state index in [1.807, 2.05) is 0 Å². The normalized spacial score (nSPS) is 26.9. The van der Waals surface area contributed by atoms with Gasteiger partial charge in [0.05, 0.1) is 0 Å². The Bertz CT molecular complexity index is 203. The lowest BCUT2D eigenvalue weighted by Crippen LogP contribution is -2.48. The molecule has 1 fully saturated rings. The molecule has 0 aromatic carbocycles. The van der Waals surface area contributed by atoms with Crippen molar-refractivity contribution in [3.05, 3.63) is 0 Å². The fourth-order valence-electron chi connectivity index (χ4n) is 1.26. The van der Waals surface area contributed by atoms with Gasteiger partial charge in [-0.25, -0.2) is 0 Å². The van der Waals surface area contributed by atoms with Crippen molar-refractivity contribution in [1.82, 2.24) is 0 Å². The zero-order valence-electron chi connectivity index (χ0n) is 8.62. The number of carbonyl (C=O) groups excluding carboxylic acids is 1. The van der Waals surface area contributed by atoms with Crippen molar-refractivity contribution in [2.75, 3.05) is 13.7 Å². The van der Waals surface area contributed by atoms with E-state index < -0.39 is 11.7 Å². The Kier molecular flexibility index (Phi) is 3.86. The lowest BCUT2D eigenvalue weighted by atomic mass is 10.2. The van der Waals surface area contributed by atoms with Gasteiger partial charge in [0.2, 0.25) is 5.79 Å². The van der Waals surface area contributed by atoms with Gasteiger partial charge in [0.15, 0.2) is 6.29 Å². The van der Waals surface area contributed by atoms with E-state index in [4.69, 9.17) is 19.9 Å². The van der Waals surface area contributed by atoms with Crippen LogP contribution >= 0.6 is 0 Å². The van der Waals surface area contributed by atoms with Crippen molar-refractivity contribution in [2.45, 2.75) is 38.3 Å². The maximum absolute atomic E-state index is 11.0. The molecular formula is C9H17NO4. The Hall–Kier alpha value is -0.650. The molecule has 5 heteroatoms. The molecule has 2 unspecified atom stereocenters. The van der Waals surface area contributed by atoms with Gasteiger partial charge >= 0.3 is 0 Å². The van der Waals surface area contributed by atoms with Crippen LogP contribution in [-0.2, 0) is 19.0 Å². The molecule has 0 aromatic heterocycles. The Morgan fingerprint density at radius 3 is 2.71 bits per heavy atom. The van der Waals surface area contributed by atoms with Gasteiger partial charge in [0.25, 0.3) is 5.91 Å². The second-order valence-electron chi connectivity index (χ2n) is 3.43. The summed E-state index contributed by atoms with van der Waals surface area (Å²) < 4.78 is 15.6. The number of nitrogens with two attached hydrogens (primary N) is 1. The molecule has 1 aliphatic rings. The van der Waals surface area contributed by atoms with Gasteiger partial charge < -0.3 is 19.9 Å². The molecule has 0 saturated carbocycles. The van der Waals surface area contributed by atoms with Crippen LogP contribution in [0.3, 0.4) is 0 Å². The second kappa shape index (κ2) is 4.72. The monoisotopic (exact) mass is 203 g/mol. The highest BCUT2D eigenvalue weighted by Gasteiger charge is 2.35. The summed E-state index contributed by atoms with van der Waals surface area (Å²) >= 11 is 0. The fraction of sp³-hybridized carbons (Fsp3) is 0.889. The zero-order valence-corrected chi connectivity index (χ0v) is 8.62. The van der Waals surface area contributed by atoms with Crippen molar-refractivity contribution in [2.24, 2.45) is 5.73 Å². The molecule has 1 rings (SSSR count). The highest BCUT2D eigenvalue weighted by atomic mass is 16.8. The summed E-state index contributed by atoms with van der Waals surface area (Å²) in [5.74, 6) is -2.03. The van der Waals surface area contributed by atoms with E-state index in [2.05, 4.69) is 0 Å². The minimum atomic E-state index is -1.39. The number of carbonyl (C=O) groups is 1. The molecule has 2 N–H and O–H groups in total. The molecule has 14 heavy (non-hydrogen) atoms. The SMILES string of the molecule is COC(C)(OC1CCCCO1)C(N)=O. The van der Waals surface area contributed by atoms with Crippen molar-refractivity contribution in [3.8, 4) is 0 Å². The van der Waals surface area contributed by atoms with Crippen molar-refractivity contribution in [1.29, 1.82) is 0 Å². The Labute approximate surface area is 83.5 Å². The van der Waals surface area contributed by atoms with E-state index in [-0.39, 0.29) is 6.29 Å². The minimum Gasteiger partial charge on any atom is -0.365 e. The van der Waals surface area contributed by atoms with Gasteiger partial charge in [-0.2, -0.15) is 0 Å². The number of rotatable bonds is 4. The molecule has 5 nitrogen and oxygen atoms in total. The quantitative estimate of drug-likeness (QED) is 0.670. The molecule has 0 spiro atoms. The molecule has 1 heterocycles. The molecule has 0 aliphatic carbocycles. The van der Waals surface area contributed by atoms with Crippen molar-refractivity contribution in [3.63, 3.8) is 0 Å². The van der Waals surface area contributed by atoms with Gasteiger partial charge in [-0.15, -0.1) is 0 Å². The molecule has 0 aromatic rings. The summed E-state index contributed by atoms with van der Waals surface area (Å²) in [6, 6.07) is 0. The lowest BCUT2D eigenvalue weighted by Gasteiger charge is -2.31. The maximum Gasteiger partial charge on any atom is 0.277 e. The van der Waals surface area contributed by atoms with Crippen LogP contribution in [0.25, 0.3) is 0 Å². The van der Waals surface area contributed by atoms with E-state index in [9.17, 15) is 4.79 Å². The average Bonchev–Trinajstić information content (AvgIpc) is 2.19. The molecule has 2 atom stereocenters. The van der Waals surface area contributed by atoms with Gasteiger partial charge in [-0.3, -0.25) is 4.79 Å². The lowest BCUT2D eigenvalue weighted by molar-refractivity contribution is -0.286. The van der Waals surface area contributed by atoms with Crippen molar-refractivity contribution >= 4 is 5.91 Å². The molecule has 0 bridgehead atoms. The highest BCUT2D eigenvalue weighted by Crippen LogP contribution is 2.21. The standard InChI is InChI=1S/C9H17NO4/c1-9(12-2,8(10)11)14-7-5-3-4-6-13-7/h7H,3-6H2,1-2H3,(H2,10,11). The molecule has 82 valence electrons. The third-order valence-corrected chi connectivity index (χ3v) is 2.33. The van der Waals surface area contributed by atoms with Crippen LogP contribution in [0, 0.1) is 0 Å². The van der Waals surface area contributed by atoms with E-state index >= 15 is 0 Å². The van der Waals surface area contributed by atoms with E-state index in [0.29, 0.717) is 6.61 Å². The molecule has 0 radical (unpaired) electrons. The minimum absolute atomic E-state index is 0.388. The summed E-state index contributed by atoms with van der Waals surface area (Å²) in [5.41, 5.74) is 5.15. The first-order chi connectivity index (χ1) is 6.58. The van der Waals surface area contributed by atoms with Crippen LogP contribution in [-0.4, -0.2) is 31.7 Å². The Balaban J connectivity index is 2.50. The summed E-state index contributed by atoms with van der Waals surface area (Å²) in [5, 5.41) is 0. The smallest absolute Gasteiger partial charge is 0.277 e. The number of primary amides is 1. The molecular weight excluding hydrogens is 186 g/mol. The predicted octanol–water partition coefficient (Wildman–Crippen LogP) is 0.377. The van der Waals surface area contributed by atoms with Gasteiger partial charge in [0.1, 0.15) is 0 Å². The number of amides is 1. The van der Waals surface area contributed by atoms with Gasteiger partial charge in [-0.05, 0) is 26.2 Å². The first kappa shape index (κ1) is 11.4. The molecule has 1 aliphatic heterocycles. The van der Waals surface area contributed by atoms with E-state index in [1.54, 1.807) is 0 Å². The zero-order chi connectivity index (χ0) is 10.6.